The Labute approximate surface area is 264 Å². The van der Waals surface area contributed by atoms with Gasteiger partial charge in [0.1, 0.15) is 0 Å². The SMILES string of the molecule is CCCCCC1CCC(C(=O)OCCCCCN(CCCO)CCCCCO[N+](=O)C2CCC(CCCCC)CC2)CC1. The summed E-state index contributed by atoms with van der Waals surface area (Å²) in [4.78, 5) is 33.8. The molecule has 2 saturated carbocycles. The van der Waals surface area contributed by atoms with Crippen LogP contribution in [-0.4, -0.2) is 66.4 Å². The number of hydrogen-bond donors (Lipinski definition) is 1. The first-order chi connectivity index (χ1) is 21.1. The van der Waals surface area contributed by atoms with Gasteiger partial charge in [0.05, 0.1) is 17.4 Å². The molecule has 0 atom stereocenters. The molecule has 0 amide bonds. The molecule has 0 unspecified atom stereocenters. The fourth-order valence-corrected chi connectivity index (χ4v) is 7.11. The molecule has 2 aliphatic rings. The first kappa shape index (κ1) is 38.0. The lowest BCUT2D eigenvalue weighted by Crippen LogP contribution is -2.30. The molecule has 0 aromatic rings. The lowest BCUT2D eigenvalue weighted by atomic mass is 9.80. The maximum Gasteiger partial charge on any atom is 0.308 e. The van der Waals surface area contributed by atoms with E-state index in [1.807, 2.05) is 0 Å². The van der Waals surface area contributed by atoms with Crippen molar-refractivity contribution < 1.29 is 24.4 Å². The molecule has 2 rings (SSSR count). The summed E-state index contributed by atoms with van der Waals surface area (Å²) in [6.07, 6.45) is 26.1. The zero-order chi connectivity index (χ0) is 31.0. The summed E-state index contributed by atoms with van der Waals surface area (Å²) in [5.41, 5.74) is 0. The zero-order valence-electron chi connectivity index (χ0n) is 28.3. The standard InChI is InChI=1S/C36H69N2O5/c1-3-5-9-16-32-18-22-34(23-19-32)36(40)42-30-13-7-11-26-37(28-15-29-39)27-12-8-14-31-43-38(41)35-24-20-33(21-25-35)17-10-6-4-2/h32-35,39H,3-31H2,1-2H3/q+1. The predicted octanol–water partition coefficient (Wildman–Crippen LogP) is 8.79. The van der Waals surface area contributed by atoms with Crippen molar-refractivity contribution in [1.29, 1.82) is 0 Å². The Hall–Kier alpha value is -1.21. The molecule has 2 aliphatic carbocycles. The van der Waals surface area contributed by atoms with E-state index in [4.69, 9.17) is 9.57 Å². The number of aliphatic hydroxyl groups is 1. The maximum atomic E-state index is 12.5. The van der Waals surface area contributed by atoms with E-state index in [1.165, 1.54) is 77.0 Å². The molecule has 0 radical (unpaired) electrons. The van der Waals surface area contributed by atoms with Crippen LogP contribution in [0.4, 0.5) is 0 Å². The van der Waals surface area contributed by atoms with Crippen LogP contribution in [0.1, 0.15) is 162 Å². The van der Waals surface area contributed by atoms with Crippen LogP contribution < -0.4 is 0 Å². The molecule has 1 N–H and O–H groups in total. The van der Waals surface area contributed by atoms with Gasteiger partial charge < -0.3 is 14.7 Å². The van der Waals surface area contributed by atoms with Gasteiger partial charge in [-0.1, -0.05) is 65.2 Å². The van der Waals surface area contributed by atoms with E-state index in [1.54, 1.807) is 0 Å². The van der Waals surface area contributed by atoms with Crippen molar-refractivity contribution in [2.24, 2.45) is 17.8 Å². The Balaban J connectivity index is 1.47. The van der Waals surface area contributed by atoms with Crippen LogP contribution in [0.2, 0.25) is 0 Å². The minimum atomic E-state index is 0.0332. The number of hydrogen-bond acceptors (Lipinski definition) is 6. The second kappa shape index (κ2) is 25.0. The minimum Gasteiger partial charge on any atom is -0.465 e. The highest BCUT2D eigenvalue weighted by atomic mass is 16.8. The van der Waals surface area contributed by atoms with Crippen LogP contribution in [0.3, 0.4) is 0 Å². The largest absolute Gasteiger partial charge is 0.465 e. The summed E-state index contributed by atoms with van der Waals surface area (Å²) < 4.78 is 5.64. The Morgan fingerprint density at radius 1 is 0.674 bits per heavy atom. The van der Waals surface area contributed by atoms with E-state index in [9.17, 15) is 14.8 Å². The molecule has 2 fully saturated rings. The summed E-state index contributed by atoms with van der Waals surface area (Å²) in [6, 6.07) is 0.0417. The van der Waals surface area contributed by atoms with Gasteiger partial charge in [-0.2, -0.15) is 0 Å². The first-order valence-corrected chi connectivity index (χ1v) is 18.7. The van der Waals surface area contributed by atoms with Crippen molar-refractivity contribution in [3.63, 3.8) is 0 Å². The van der Waals surface area contributed by atoms with Crippen LogP contribution in [0.5, 0.6) is 0 Å². The van der Waals surface area contributed by atoms with E-state index in [2.05, 4.69) is 18.7 Å². The highest BCUT2D eigenvalue weighted by molar-refractivity contribution is 5.72. The van der Waals surface area contributed by atoms with Crippen LogP contribution >= 0.6 is 0 Å². The Bertz CT molecular complexity index is 635. The van der Waals surface area contributed by atoms with Gasteiger partial charge in [-0.05, 0) is 108 Å². The predicted molar refractivity (Wildman–Crippen MR) is 176 cm³/mol. The Morgan fingerprint density at radius 2 is 1.21 bits per heavy atom. The fraction of sp³-hybridized carbons (Fsp3) is 0.972. The number of ether oxygens (including phenoxy) is 1. The number of aliphatic hydroxyl groups excluding tert-OH is 1. The van der Waals surface area contributed by atoms with Crippen LogP contribution in [0.25, 0.3) is 0 Å². The minimum absolute atomic E-state index is 0.0332. The average molecular weight is 610 g/mol. The van der Waals surface area contributed by atoms with E-state index in [-0.39, 0.29) is 24.5 Å². The molecular formula is C36H69N2O5+. The number of unbranched alkanes of at least 4 members (excludes halogenated alkanes) is 8. The normalized spacial score (nSPS) is 22.5. The van der Waals surface area contributed by atoms with E-state index in [0.717, 1.165) is 107 Å². The van der Waals surface area contributed by atoms with Crippen molar-refractivity contribution >= 4 is 5.97 Å². The van der Waals surface area contributed by atoms with Gasteiger partial charge in [-0.25, -0.2) is 4.84 Å². The van der Waals surface area contributed by atoms with Crippen molar-refractivity contribution in [3.05, 3.63) is 4.91 Å². The highest BCUT2D eigenvalue weighted by Gasteiger charge is 2.33. The Morgan fingerprint density at radius 3 is 1.77 bits per heavy atom. The number of esters is 1. The third-order valence-corrected chi connectivity index (χ3v) is 10.1. The van der Waals surface area contributed by atoms with Gasteiger partial charge in [0.15, 0.2) is 6.61 Å². The fourth-order valence-electron chi connectivity index (χ4n) is 7.11. The van der Waals surface area contributed by atoms with Gasteiger partial charge in [-0.15, -0.1) is 0 Å². The topological polar surface area (TPSA) is 79.1 Å². The van der Waals surface area contributed by atoms with Crippen LogP contribution in [0, 0.1) is 22.7 Å². The quantitative estimate of drug-likeness (QED) is 0.0600. The molecule has 43 heavy (non-hydrogen) atoms. The van der Waals surface area contributed by atoms with Gasteiger partial charge in [-0.3, -0.25) is 4.79 Å². The van der Waals surface area contributed by atoms with Crippen molar-refractivity contribution in [2.45, 2.75) is 168 Å². The molecule has 0 saturated heterocycles. The van der Waals surface area contributed by atoms with Gasteiger partial charge in [0.2, 0.25) is 4.92 Å². The second-order valence-corrected chi connectivity index (χ2v) is 13.7. The molecular weight excluding hydrogens is 540 g/mol. The smallest absolute Gasteiger partial charge is 0.308 e. The van der Waals surface area contributed by atoms with Gasteiger partial charge in [0.25, 0.3) is 6.04 Å². The molecule has 0 aromatic carbocycles. The summed E-state index contributed by atoms with van der Waals surface area (Å²) in [6.45, 7) is 8.73. The third-order valence-electron chi connectivity index (χ3n) is 10.1. The summed E-state index contributed by atoms with van der Waals surface area (Å²) in [5.74, 6) is 1.78. The van der Waals surface area contributed by atoms with E-state index >= 15 is 0 Å². The molecule has 0 heterocycles. The molecule has 0 bridgehead atoms. The summed E-state index contributed by atoms with van der Waals surface area (Å²) in [7, 11) is 0. The van der Waals surface area contributed by atoms with E-state index < -0.39 is 0 Å². The monoisotopic (exact) mass is 610 g/mol. The number of carbonyl (C=O) groups is 1. The maximum absolute atomic E-state index is 12.5. The highest BCUT2D eigenvalue weighted by Crippen LogP contribution is 2.33. The van der Waals surface area contributed by atoms with Crippen molar-refractivity contribution in [2.75, 3.05) is 39.5 Å². The molecule has 0 spiro atoms. The van der Waals surface area contributed by atoms with Crippen molar-refractivity contribution in [1.82, 2.24) is 4.90 Å². The third kappa shape index (κ3) is 17.8. The number of rotatable bonds is 26. The molecule has 7 nitrogen and oxygen atoms in total. The van der Waals surface area contributed by atoms with E-state index in [0.29, 0.717) is 13.2 Å². The second-order valence-electron chi connectivity index (χ2n) is 13.7. The Kier molecular flexibility index (Phi) is 22.1. The van der Waals surface area contributed by atoms with Crippen LogP contribution in [0.15, 0.2) is 0 Å². The molecule has 252 valence electrons. The van der Waals surface area contributed by atoms with Gasteiger partial charge >= 0.3 is 5.97 Å². The lowest BCUT2D eigenvalue weighted by Gasteiger charge is -2.27. The van der Waals surface area contributed by atoms with Gasteiger partial charge in [0, 0.05) is 26.0 Å². The summed E-state index contributed by atoms with van der Waals surface area (Å²) in [5, 5.41) is 9.32. The van der Waals surface area contributed by atoms with Crippen molar-refractivity contribution in [3.8, 4) is 0 Å². The zero-order valence-corrected chi connectivity index (χ0v) is 28.3. The average Bonchev–Trinajstić information content (AvgIpc) is 3.03. The molecule has 0 aliphatic heterocycles. The molecule has 0 aromatic heterocycles. The summed E-state index contributed by atoms with van der Waals surface area (Å²) >= 11 is 0. The lowest BCUT2D eigenvalue weighted by molar-refractivity contribution is -0.828. The number of nitrogens with zero attached hydrogens (tertiary/aromatic N) is 2. The first-order valence-electron chi connectivity index (χ1n) is 18.7. The van der Waals surface area contributed by atoms with Crippen LogP contribution in [-0.2, 0) is 14.4 Å². The molecule has 7 heteroatoms. The number of carbonyl (C=O) groups excluding carboxylic acids is 1.